The molecule has 3 aromatic rings. The van der Waals surface area contributed by atoms with Gasteiger partial charge in [0.25, 0.3) is 5.91 Å². The van der Waals surface area contributed by atoms with Gasteiger partial charge in [-0.3, -0.25) is 9.59 Å². The lowest BCUT2D eigenvalue weighted by Gasteiger charge is -2.35. The number of benzene rings is 2. The van der Waals surface area contributed by atoms with E-state index in [0.29, 0.717) is 37.6 Å². The smallest absolute Gasteiger partial charge is 0.353 e. The third kappa shape index (κ3) is 5.42. The van der Waals surface area contributed by atoms with Crippen LogP contribution in [0.3, 0.4) is 0 Å². The van der Waals surface area contributed by atoms with Gasteiger partial charge in [-0.15, -0.1) is 0 Å². The van der Waals surface area contributed by atoms with Gasteiger partial charge < -0.3 is 15.1 Å². The number of halogens is 3. The molecule has 172 valence electrons. The molecule has 0 atom stereocenters. The average Bonchev–Trinajstić information content (AvgIpc) is 2.83. The van der Waals surface area contributed by atoms with Gasteiger partial charge in [0.2, 0.25) is 5.91 Å². The Morgan fingerprint density at radius 3 is 2.33 bits per heavy atom. The number of amides is 2. The lowest BCUT2D eigenvalue weighted by molar-refractivity contribution is -0.137. The van der Waals surface area contributed by atoms with E-state index in [1.807, 2.05) is 41.3 Å². The second-order valence-corrected chi connectivity index (χ2v) is 7.84. The molecule has 2 amide bonds. The zero-order valence-electron chi connectivity index (χ0n) is 17.8. The van der Waals surface area contributed by atoms with E-state index in [1.165, 1.54) is 6.07 Å². The summed E-state index contributed by atoms with van der Waals surface area (Å²) in [6.45, 7) is 2.08. The highest BCUT2D eigenvalue weighted by Gasteiger charge is 2.31. The maximum absolute atomic E-state index is 12.7. The molecule has 0 aliphatic carbocycles. The summed E-state index contributed by atoms with van der Waals surface area (Å²) < 4.78 is 38.1. The third-order valence-electron chi connectivity index (χ3n) is 5.67. The molecule has 1 fully saturated rings. The quantitative estimate of drug-likeness (QED) is 0.636. The van der Waals surface area contributed by atoms with E-state index in [0.717, 1.165) is 23.0 Å². The summed E-state index contributed by atoms with van der Waals surface area (Å²) in [6, 6.07) is 15.6. The number of aromatic nitrogens is 1. The molecule has 9 heteroatoms. The third-order valence-corrected chi connectivity index (χ3v) is 5.67. The first-order valence-electron chi connectivity index (χ1n) is 10.6. The lowest BCUT2D eigenvalue weighted by Crippen LogP contribution is -2.49. The van der Waals surface area contributed by atoms with Crippen LogP contribution in [-0.4, -0.2) is 54.4 Å². The topological polar surface area (TPSA) is 65.5 Å². The van der Waals surface area contributed by atoms with E-state index in [-0.39, 0.29) is 24.8 Å². The minimum Gasteiger partial charge on any atom is -0.353 e. The minimum atomic E-state index is -4.42. The van der Waals surface area contributed by atoms with Crippen molar-refractivity contribution in [3.8, 4) is 0 Å². The maximum Gasteiger partial charge on any atom is 0.417 e. The minimum absolute atomic E-state index is 0.0751. The molecule has 2 aromatic carbocycles. The molecule has 6 nitrogen and oxygen atoms in total. The second kappa shape index (κ2) is 9.48. The van der Waals surface area contributed by atoms with Gasteiger partial charge in [-0.1, -0.05) is 30.3 Å². The number of nitrogens with zero attached hydrogens (tertiary/aromatic N) is 3. The normalized spacial score (nSPS) is 14.4. The van der Waals surface area contributed by atoms with Crippen molar-refractivity contribution in [1.29, 1.82) is 0 Å². The molecule has 4 rings (SSSR count). The number of nitrogens with one attached hydrogen (secondary N) is 1. The van der Waals surface area contributed by atoms with E-state index in [1.54, 1.807) is 11.0 Å². The van der Waals surface area contributed by atoms with Crippen molar-refractivity contribution in [2.24, 2.45) is 0 Å². The van der Waals surface area contributed by atoms with Crippen molar-refractivity contribution in [3.63, 3.8) is 0 Å². The molecule has 0 spiro atoms. The molecule has 33 heavy (non-hydrogen) atoms. The van der Waals surface area contributed by atoms with Crippen LogP contribution < -0.4 is 10.2 Å². The molecule has 0 bridgehead atoms. The van der Waals surface area contributed by atoms with Crippen LogP contribution in [0.4, 0.5) is 19.0 Å². The first kappa shape index (κ1) is 22.6. The van der Waals surface area contributed by atoms with E-state index < -0.39 is 11.7 Å². The lowest BCUT2D eigenvalue weighted by atomic mass is 10.1. The van der Waals surface area contributed by atoms with Gasteiger partial charge in [-0.2, -0.15) is 13.2 Å². The monoisotopic (exact) mass is 456 g/mol. The molecule has 1 aliphatic heterocycles. The van der Waals surface area contributed by atoms with Crippen molar-refractivity contribution in [3.05, 3.63) is 71.9 Å². The molecule has 1 aliphatic rings. The SMILES string of the molecule is O=C(NCCC(=O)N1CCN(c2ccc(C(F)(F)F)cn2)CC1)c1ccc2ccccc2c1. The Balaban J connectivity index is 1.23. The molecule has 0 unspecified atom stereocenters. The predicted molar refractivity (Wildman–Crippen MR) is 119 cm³/mol. The first-order valence-corrected chi connectivity index (χ1v) is 10.6. The van der Waals surface area contributed by atoms with Gasteiger partial charge in [0, 0.05) is 50.9 Å². The fourth-order valence-electron chi connectivity index (χ4n) is 3.80. The average molecular weight is 456 g/mol. The van der Waals surface area contributed by atoms with Crippen LogP contribution in [0, 0.1) is 0 Å². The number of carbonyl (C=O) groups excluding carboxylic acids is 2. The molecule has 1 aromatic heterocycles. The zero-order chi connectivity index (χ0) is 23.4. The largest absolute Gasteiger partial charge is 0.417 e. The van der Waals surface area contributed by atoms with Crippen LogP contribution in [0.1, 0.15) is 22.3 Å². The number of rotatable bonds is 5. The second-order valence-electron chi connectivity index (χ2n) is 7.84. The molecule has 0 radical (unpaired) electrons. The number of hydrogen-bond acceptors (Lipinski definition) is 4. The Morgan fingerprint density at radius 1 is 0.939 bits per heavy atom. The zero-order valence-corrected chi connectivity index (χ0v) is 17.8. The van der Waals surface area contributed by atoms with Crippen LogP contribution in [0.2, 0.25) is 0 Å². The number of anilines is 1. The van der Waals surface area contributed by atoms with Crippen LogP contribution in [0.5, 0.6) is 0 Å². The fourth-order valence-corrected chi connectivity index (χ4v) is 3.80. The Hall–Kier alpha value is -3.62. The van der Waals surface area contributed by atoms with Crippen molar-refractivity contribution < 1.29 is 22.8 Å². The van der Waals surface area contributed by atoms with Crippen molar-refractivity contribution >= 4 is 28.4 Å². The van der Waals surface area contributed by atoms with Gasteiger partial charge in [0.05, 0.1) is 5.56 Å². The maximum atomic E-state index is 12.7. The molecule has 2 heterocycles. The van der Waals surface area contributed by atoms with Gasteiger partial charge >= 0.3 is 6.18 Å². The Bertz CT molecular complexity index is 1140. The van der Waals surface area contributed by atoms with E-state index in [2.05, 4.69) is 10.3 Å². The number of alkyl halides is 3. The highest BCUT2D eigenvalue weighted by atomic mass is 19.4. The number of piperazine rings is 1. The Kier molecular flexibility index (Phi) is 6.48. The number of pyridine rings is 1. The summed E-state index contributed by atoms with van der Waals surface area (Å²) >= 11 is 0. The summed E-state index contributed by atoms with van der Waals surface area (Å²) in [6.07, 6.45) is -3.41. The highest BCUT2D eigenvalue weighted by molar-refractivity contribution is 5.98. The Morgan fingerprint density at radius 2 is 1.67 bits per heavy atom. The number of fused-ring (bicyclic) bond motifs is 1. The van der Waals surface area contributed by atoms with E-state index >= 15 is 0 Å². The Labute approximate surface area is 189 Å². The van der Waals surface area contributed by atoms with Crippen molar-refractivity contribution in [2.45, 2.75) is 12.6 Å². The van der Waals surface area contributed by atoms with Crippen LogP contribution in [0.15, 0.2) is 60.8 Å². The van der Waals surface area contributed by atoms with E-state index in [4.69, 9.17) is 0 Å². The standard InChI is InChI=1S/C24H23F3N4O2/c25-24(26,27)20-7-8-21(29-16-20)30-11-13-31(14-12-30)22(32)9-10-28-23(33)19-6-5-17-3-1-2-4-18(17)15-19/h1-8,15-16H,9-14H2,(H,28,33). The summed E-state index contributed by atoms with van der Waals surface area (Å²) in [4.78, 5) is 32.4. The highest BCUT2D eigenvalue weighted by Crippen LogP contribution is 2.29. The van der Waals surface area contributed by atoms with Crippen LogP contribution in [-0.2, 0) is 11.0 Å². The predicted octanol–water partition coefficient (Wildman–Crippen LogP) is 3.72. The molecule has 1 N–H and O–H groups in total. The number of carbonyl (C=O) groups is 2. The molecular formula is C24H23F3N4O2. The molecular weight excluding hydrogens is 433 g/mol. The van der Waals surface area contributed by atoms with E-state index in [9.17, 15) is 22.8 Å². The summed E-state index contributed by atoms with van der Waals surface area (Å²) in [5, 5.41) is 4.81. The van der Waals surface area contributed by atoms with Crippen LogP contribution >= 0.6 is 0 Å². The summed E-state index contributed by atoms with van der Waals surface area (Å²) in [5.41, 5.74) is -0.246. The van der Waals surface area contributed by atoms with Gasteiger partial charge in [-0.25, -0.2) is 4.98 Å². The van der Waals surface area contributed by atoms with Gasteiger partial charge in [-0.05, 0) is 35.0 Å². The van der Waals surface area contributed by atoms with Crippen molar-refractivity contribution in [1.82, 2.24) is 15.2 Å². The summed E-state index contributed by atoms with van der Waals surface area (Å²) in [7, 11) is 0. The summed E-state index contributed by atoms with van der Waals surface area (Å²) in [5.74, 6) is 0.151. The van der Waals surface area contributed by atoms with Crippen molar-refractivity contribution in [2.75, 3.05) is 37.6 Å². The number of hydrogen-bond donors (Lipinski definition) is 1. The molecule has 1 saturated heterocycles. The van der Waals surface area contributed by atoms with Gasteiger partial charge in [0.1, 0.15) is 5.82 Å². The first-order chi connectivity index (χ1) is 15.8. The fraction of sp³-hybridized carbons (Fsp3) is 0.292. The van der Waals surface area contributed by atoms with Crippen LogP contribution in [0.25, 0.3) is 10.8 Å². The van der Waals surface area contributed by atoms with Gasteiger partial charge in [0.15, 0.2) is 0 Å². The molecule has 0 saturated carbocycles.